The Hall–Kier alpha value is -2.21. The first kappa shape index (κ1) is 14.8. The van der Waals surface area contributed by atoms with E-state index in [1.807, 2.05) is 0 Å². The lowest BCUT2D eigenvalue weighted by atomic mass is 10.2. The molecule has 1 amide bonds. The van der Waals surface area contributed by atoms with E-state index in [1.54, 1.807) is 25.3 Å². The Balaban J connectivity index is 2.49. The average Bonchev–Trinajstić information content (AvgIpc) is 2.41. The fourth-order valence-electron chi connectivity index (χ4n) is 1.40. The number of carbonyl (C=O) groups excluding carboxylic acids is 1. The molecule has 0 bridgehead atoms. The topological polar surface area (TPSA) is 81.5 Å². The largest absolute Gasteiger partial charge is 0.385 e. The van der Waals surface area contributed by atoms with Crippen LogP contribution in [0.5, 0.6) is 0 Å². The van der Waals surface area contributed by atoms with Gasteiger partial charge in [0, 0.05) is 38.5 Å². The van der Waals surface area contributed by atoms with Crippen molar-refractivity contribution >= 4 is 17.7 Å². The zero-order chi connectivity index (χ0) is 14.1. The van der Waals surface area contributed by atoms with Crippen LogP contribution < -0.4 is 5.32 Å². The van der Waals surface area contributed by atoms with Crippen molar-refractivity contribution in [2.45, 2.75) is 6.42 Å². The molecule has 0 aliphatic rings. The van der Waals surface area contributed by atoms with E-state index >= 15 is 0 Å². The van der Waals surface area contributed by atoms with Crippen LogP contribution in [0, 0.1) is 10.1 Å². The minimum atomic E-state index is -0.470. The summed E-state index contributed by atoms with van der Waals surface area (Å²) in [4.78, 5) is 21.5. The van der Waals surface area contributed by atoms with Gasteiger partial charge in [-0.3, -0.25) is 14.9 Å². The number of nitro groups is 1. The predicted molar refractivity (Wildman–Crippen MR) is 71.6 cm³/mol. The van der Waals surface area contributed by atoms with Crippen LogP contribution in [0.3, 0.4) is 0 Å². The fraction of sp³-hybridized carbons (Fsp3) is 0.308. The number of methoxy groups -OCH3 is 1. The number of non-ortho nitro benzene ring substituents is 1. The molecule has 6 heteroatoms. The highest BCUT2D eigenvalue weighted by atomic mass is 16.6. The van der Waals surface area contributed by atoms with Gasteiger partial charge in [-0.2, -0.15) is 0 Å². The molecule has 1 rings (SSSR count). The first-order chi connectivity index (χ1) is 9.13. The lowest BCUT2D eigenvalue weighted by Gasteiger charge is -2.00. The quantitative estimate of drug-likeness (QED) is 0.352. The number of hydrogen-bond acceptors (Lipinski definition) is 4. The van der Waals surface area contributed by atoms with Crippen LogP contribution in [-0.2, 0) is 9.53 Å². The number of benzene rings is 1. The van der Waals surface area contributed by atoms with Crippen molar-refractivity contribution in [2.75, 3.05) is 20.3 Å². The summed E-state index contributed by atoms with van der Waals surface area (Å²) in [6.45, 7) is 1.13. The monoisotopic (exact) mass is 264 g/mol. The van der Waals surface area contributed by atoms with Gasteiger partial charge in [-0.1, -0.05) is 12.1 Å². The first-order valence-electron chi connectivity index (χ1n) is 5.83. The molecule has 1 aromatic carbocycles. The zero-order valence-corrected chi connectivity index (χ0v) is 10.7. The van der Waals surface area contributed by atoms with Gasteiger partial charge < -0.3 is 10.1 Å². The molecule has 6 nitrogen and oxygen atoms in total. The maximum Gasteiger partial charge on any atom is 0.270 e. The van der Waals surface area contributed by atoms with Crippen molar-refractivity contribution in [3.8, 4) is 0 Å². The molecule has 0 aliphatic heterocycles. The van der Waals surface area contributed by atoms with E-state index in [0.717, 1.165) is 6.42 Å². The van der Waals surface area contributed by atoms with Gasteiger partial charge in [0.05, 0.1) is 4.92 Å². The first-order valence-corrected chi connectivity index (χ1v) is 5.83. The summed E-state index contributed by atoms with van der Waals surface area (Å²) < 4.78 is 4.86. The SMILES string of the molecule is COCCCNC(=O)/C=C/c1cccc([N+](=O)[O-])c1. The van der Waals surface area contributed by atoms with Crippen molar-refractivity contribution in [3.63, 3.8) is 0 Å². The number of hydrogen-bond donors (Lipinski definition) is 1. The van der Waals surface area contributed by atoms with Gasteiger partial charge in [0.25, 0.3) is 5.69 Å². The third-order valence-corrected chi connectivity index (χ3v) is 2.33. The highest BCUT2D eigenvalue weighted by Crippen LogP contribution is 2.13. The molecule has 0 radical (unpaired) electrons. The Kier molecular flexibility index (Phi) is 6.25. The summed E-state index contributed by atoms with van der Waals surface area (Å²) in [7, 11) is 1.60. The van der Waals surface area contributed by atoms with Crippen molar-refractivity contribution in [1.29, 1.82) is 0 Å². The molecule has 0 fully saturated rings. The van der Waals surface area contributed by atoms with Crippen LogP contribution in [-0.4, -0.2) is 31.1 Å². The van der Waals surface area contributed by atoms with E-state index in [2.05, 4.69) is 5.32 Å². The van der Waals surface area contributed by atoms with Gasteiger partial charge in [-0.25, -0.2) is 0 Å². The average molecular weight is 264 g/mol. The van der Waals surface area contributed by atoms with Gasteiger partial charge in [-0.15, -0.1) is 0 Å². The lowest BCUT2D eigenvalue weighted by Crippen LogP contribution is -2.22. The maximum atomic E-state index is 11.4. The maximum absolute atomic E-state index is 11.4. The molecule has 0 saturated carbocycles. The highest BCUT2D eigenvalue weighted by Gasteiger charge is 2.03. The van der Waals surface area contributed by atoms with Crippen molar-refractivity contribution in [3.05, 3.63) is 46.0 Å². The molecular formula is C13H16N2O4. The van der Waals surface area contributed by atoms with Crippen LogP contribution in [0.4, 0.5) is 5.69 Å². The molecule has 0 saturated heterocycles. The third-order valence-electron chi connectivity index (χ3n) is 2.33. The van der Waals surface area contributed by atoms with Crippen LogP contribution in [0.1, 0.15) is 12.0 Å². The fourth-order valence-corrected chi connectivity index (χ4v) is 1.40. The molecule has 1 N–H and O–H groups in total. The molecule has 19 heavy (non-hydrogen) atoms. The van der Waals surface area contributed by atoms with E-state index in [9.17, 15) is 14.9 Å². The molecule has 0 heterocycles. The van der Waals surface area contributed by atoms with Crippen LogP contribution in [0.25, 0.3) is 6.08 Å². The van der Waals surface area contributed by atoms with Gasteiger partial charge >= 0.3 is 0 Å². The second-order valence-electron chi connectivity index (χ2n) is 3.82. The van der Waals surface area contributed by atoms with E-state index in [0.29, 0.717) is 18.7 Å². The number of amides is 1. The van der Waals surface area contributed by atoms with Crippen LogP contribution >= 0.6 is 0 Å². The Morgan fingerprint density at radius 2 is 2.32 bits per heavy atom. The molecule has 1 aromatic rings. The van der Waals surface area contributed by atoms with Crippen molar-refractivity contribution in [1.82, 2.24) is 5.32 Å². The number of rotatable bonds is 7. The van der Waals surface area contributed by atoms with Crippen LogP contribution in [0.15, 0.2) is 30.3 Å². The van der Waals surface area contributed by atoms with E-state index in [1.165, 1.54) is 18.2 Å². The number of ether oxygens (including phenoxy) is 1. The van der Waals surface area contributed by atoms with E-state index in [4.69, 9.17) is 4.74 Å². The van der Waals surface area contributed by atoms with Gasteiger partial charge in [0.15, 0.2) is 0 Å². The Morgan fingerprint density at radius 3 is 3.00 bits per heavy atom. The molecule has 0 atom stereocenters. The van der Waals surface area contributed by atoms with Gasteiger partial charge in [-0.05, 0) is 18.1 Å². The summed E-state index contributed by atoms with van der Waals surface area (Å²) in [6, 6.07) is 6.09. The van der Waals surface area contributed by atoms with E-state index in [-0.39, 0.29) is 11.6 Å². The number of nitro benzene ring substituents is 1. The normalized spacial score (nSPS) is 10.6. The molecule has 0 aromatic heterocycles. The molecule has 0 unspecified atom stereocenters. The Morgan fingerprint density at radius 1 is 1.53 bits per heavy atom. The van der Waals surface area contributed by atoms with Gasteiger partial charge in [0.2, 0.25) is 5.91 Å². The summed E-state index contributed by atoms with van der Waals surface area (Å²) in [5, 5.41) is 13.3. The Labute approximate surface area is 111 Å². The number of nitrogens with one attached hydrogen (secondary N) is 1. The third kappa shape index (κ3) is 5.78. The zero-order valence-electron chi connectivity index (χ0n) is 10.7. The van der Waals surface area contributed by atoms with Crippen molar-refractivity contribution < 1.29 is 14.5 Å². The summed E-state index contributed by atoms with van der Waals surface area (Å²) in [5.74, 6) is -0.234. The molecule has 0 spiro atoms. The molecular weight excluding hydrogens is 248 g/mol. The minimum absolute atomic E-state index is 0.00246. The van der Waals surface area contributed by atoms with Gasteiger partial charge in [0.1, 0.15) is 0 Å². The molecule has 102 valence electrons. The summed E-state index contributed by atoms with van der Waals surface area (Å²) >= 11 is 0. The predicted octanol–water partition coefficient (Wildman–Crippen LogP) is 1.76. The lowest BCUT2D eigenvalue weighted by molar-refractivity contribution is -0.384. The van der Waals surface area contributed by atoms with Crippen molar-refractivity contribution in [2.24, 2.45) is 0 Å². The standard InChI is InChI=1S/C13H16N2O4/c1-19-9-3-8-14-13(16)7-6-11-4-2-5-12(10-11)15(17)18/h2,4-7,10H,3,8-9H2,1H3,(H,14,16)/b7-6+. The number of carbonyl (C=O) groups is 1. The smallest absolute Gasteiger partial charge is 0.270 e. The minimum Gasteiger partial charge on any atom is -0.385 e. The van der Waals surface area contributed by atoms with Crippen LogP contribution in [0.2, 0.25) is 0 Å². The summed E-state index contributed by atoms with van der Waals surface area (Å²) in [5.41, 5.74) is 0.615. The van der Waals surface area contributed by atoms with E-state index < -0.39 is 4.92 Å². The second kappa shape index (κ2) is 7.99. The Bertz CT molecular complexity index is 471. The summed E-state index contributed by atoms with van der Waals surface area (Å²) in [6.07, 6.45) is 3.64. The number of nitrogens with zero attached hydrogens (tertiary/aromatic N) is 1. The second-order valence-corrected chi connectivity index (χ2v) is 3.82. The highest BCUT2D eigenvalue weighted by molar-refractivity contribution is 5.91. The molecule has 0 aliphatic carbocycles.